The Morgan fingerprint density at radius 3 is 2.47 bits per heavy atom. The summed E-state index contributed by atoms with van der Waals surface area (Å²) < 4.78 is 2.02. The number of hydrogen-bond donors (Lipinski definition) is 0. The van der Waals surface area contributed by atoms with E-state index in [-0.39, 0.29) is 24.0 Å². The van der Waals surface area contributed by atoms with Crippen LogP contribution in [-0.4, -0.2) is 51.5 Å². The van der Waals surface area contributed by atoms with Gasteiger partial charge in [-0.2, -0.15) is 0 Å². The minimum absolute atomic E-state index is 0. The molecule has 186 valence electrons. The maximum atomic E-state index is 14.1. The first-order valence-corrected chi connectivity index (χ1v) is 11.7. The molecule has 5 rings (SSSR count). The third-order valence-electron chi connectivity index (χ3n) is 6.68. The normalized spacial score (nSPS) is 13.8. The first kappa shape index (κ1) is 25.2. The number of non-ortho nitro benzene ring substituents is 1. The molecule has 0 aliphatic carbocycles. The van der Waals surface area contributed by atoms with Gasteiger partial charge in [-0.25, -0.2) is 4.98 Å². The minimum atomic E-state index is -0.411. The Hall–Kier alpha value is -3.91. The lowest BCUT2D eigenvalue weighted by Gasteiger charge is -2.23. The zero-order valence-electron chi connectivity index (χ0n) is 20.3. The van der Waals surface area contributed by atoms with Crippen LogP contribution in [0.1, 0.15) is 22.3 Å². The van der Waals surface area contributed by atoms with E-state index in [9.17, 15) is 14.9 Å². The molecule has 0 radical (unpaired) electrons. The molecular weight excluding hydrogens is 478 g/mol. The van der Waals surface area contributed by atoms with E-state index in [0.29, 0.717) is 25.2 Å². The molecule has 4 aromatic rings. The number of benzene rings is 2. The molecule has 1 aliphatic rings. The second kappa shape index (κ2) is 10.4. The van der Waals surface area contributed by atoms with Gasteiger partial charge < -0.3 is 14.4 Å². The number of amides is 1. The van der Waals surface area contributed by atoms with E-state index < -0.39 is 4.92 Å². The number of pyridine rings is 1. The van der Waals surface area contributed by atoms with E-state index >= 15 is 0 Å². The molecule has 2 aromatic carbocycles. The molecule has 36 heavy (non-hydrogen) atoms. The van der Waals surface area contributed by atoms with Gasteiger partial charge in [0.15, 0.2) is 0 Å². The maximum Gasteiger partial charge on any atom is 0.269 e. The number of anilines is 1. The summed E-state index contributed by atoms with van der Waals surface area (Å²) in [5.41, 5.74) is 4.25. The van der Waals surface area contributed by atoms with Gasteiger partial charge in [-0.15, -0.1) is 12.4 Å². The average molecular weight is 506 g/mol. The minimum Gasteiger partial charge on any atom is -0.355 e. The van der Waals surface area contributed by atoms with Crippen molar-refractivity contribution in [3.05, 3.63) is 88.1 Å². The van der Waals surface area contributed by atoms with Crippen molar-refractivity contribution >= 4 is 40.7 Å². The van der Waals surface area contributed by atoms with E-state index in [1.165, 1.54) is 12.1 Å². The molecule has 0 atom stereocenters. The number of rotatable bonds is 4. The molecule has 0 saturated carbocycles. The summed E-state index contributed by atoms with van der Waals surface area (Å²) in [6, 6.07) is 18.4. The lowest BCUT2D eigenvalue weighted by Crippen LogP contribution is -2.35. The van der Waals surface area contributed by atoms with Gasteiger partial charge in [0.25, 0.3) is 11.6 Å². The molecule has 0 spiro atoms. The number of nitro benzene ring substituents is 1. The van der Waals surface area contributed by atoms with E-state index in [4.69, 9.17) is 0 Å². The standard InChI is InChI=1S/C27H27N5O3.ClH/c1-19-7-12-23-22(18-19)25(26(29(23)2)20-8-10-21(11-9-20)32(34)35)27(33)31-15-5-14-30(16-17-31)24-6-3-4-13-28-24;/h3-4,6-13,18H,5,14-17H2,1-2H3;1H. The zero-order valence-corrected chi connectivity index (χ0v) is 21.1. The lowest BCUT2D eigenvalue weighted by molar-refractivity contribution is -0.384. The van der Waals surface area contributed by atoms with Gasteiger partial charge in [0, 0.05) is 62.5 Å². The van der Waals surface area contributed by atoms with Crippen LogP contribution in [0.4, 0.5) is 11.5 Å². The molecule has 0 unspecified atom stereocenters. The quantitative estimate of drug-likeness (QED) is 0.280. The summed E-state index contributed by atoms with van der Waals surface area (Å²) in [5, 5.41) is 12.1. The molecule has 9 heteroatoms. The van der Waals surface area contributed by atoms with E-state index in [1.54, 1.807) is 18.3 Å². The van der Waals surface area contributed by atoms with Crippen molar-refractivity contribution in [1.29, 1.82) is 0 Å². The largest absolute Gasteiger partial charge is 0.355 e. The number of aromatic nitrogens is 2. The van der Waals surface area contributed by atoms with Gasteiger partial charge >= 0.3 is 0 Å². The highest BCUT2D eigenvalue weighted by Gasteiger charge is 2.28. The second-order valence-electron chi connectivity index (χ2n) is 8.93. The summed E-state index contributed by atoms with van der Waals surface area (Å²) >= 11 is 0. The van der Waals surface area contributed by atoms with E-state index in [0.717, 1.165) is 46.5 Å². The monoisotopic (exact) mass is 505 g/mol. The second-order valence-corrected chi connectivity index (χ2v) is 8.93. The van der Waals surface area contributed by atoms with Crippen LogP contribution in [0.2, 0.25) is 0 Å². The first-order valence-electron chi connectivity index (χ1n) is 11.7. The molecule has 2 aromatic heterocycles. The van der Waals surface area contributed by atoms with Crippen LogP contribution in [0.15, 0.2) is 66.9 Å². The van der Waals surface area contributed by atoms with Crippen LogP contribution in [-0.2, 0) is 7.05 Å². The zero-order chi connectivity index (χ0) is 24.5. The van der Waals surface area contributed by atoms with Crippen molar-refractivity contribution in [1.82, 2.24) is 14.5 Å². The van der Waals surface area contributed by atoms with Crippen LogP contribution < -0.4 is 4.90 Å². The fourth-order valence-electron chi connectivity index (χ4n) is 4.90. The van der Waals surface area contributed by atoms with Crippen molar-refractivity contribution in [3.8, 4) is 11.3 Å². The molecule has 1 amide bonds. The van der Waals surface area contributed by atoms with E-state index in [2.05, 4.69) is 16.0 Å². The van der Waals surface area contributed by atoms with Crippen molar-refractivity contribution in [2.45, 2.75) is 13.3 Å². The molecule has 3 heterocycles. The number of aryl methyl sites for hydroxylation is 2. The highest BCUT2D eigenvalue weighted by Crippen LogP contribution is 2.35. The number of hydrogen-bond acceptors (Lipinski definition) is 5. The number of nitrogens with zero attached hydrogens (tertiary/aromatic N) is 5. The van der Waals surface area contributed by atoms with Crippen molar-refractivity contribution in [3.63, 3.8) is 0 Å². The predicted octanol–water partition coefficient (Wildman–Crippen LogP) is 5.23. The number of carbonyl (C=O) groups excluding carboxylic acids is 1. The highest BCUT2D eigenvalue weighted by atomic mass is 35.5. The molecule has 1 aliphatic heterocycles. The summed E-state index contributed by atoms with van der Waals surface area (Å²) in [7, 11) is 1.94. The van der Waals surface area contributed by atoms with Crippen LogP contribution in [0.3, 0.4) is 0 Å². The molecule has 8 nitrogen and oxygen atoms in total. The highest BCUT2D eigenvalue weighted by molar-refractivity contribution is 6.13. The van der Waals surface area contributed by atoms with Crippen molar-refractivity contribution in [2.24, 2.45) is 7.05 Å². The van der Waals surface area contributed by atoms with Crippen molar-refractivity contribution < 1.29 is 9.72 Å². The predicted molar refractivity (Wildman–Crippen MR) is 144 cm³/mol. The Balaban J connectivity index is 0.00000304. The molecule has 1 fully saturated rings. The Kier molecular flexibility index (Phi) is 7.26. The van der Waals surface area contributed by atoms with Crippen molar-refractivity contribution in [2.75, 3.05) is 31.1 Å². The Morgan fingerprint density at radius 1 is 1.00 bits per heavy atom. The summed E-state index contributed by atoms with van der Waals surface area (Å²) in [6.07, 6.45) is 2.64. The summed E-state index contributed by atoms with van der Waals surface area (Å²) in [6.45, 7) is 4.81. The van der Waals surface area contributed by atoms with Gasteiger partial charge in [-0.05, 0) is 55.3 Å². The van der Waals surface area contributed by atoms with Gasteiger partial charge in [-0.1, -0.05) is 17.7 Å². The number of nitro groups is 1. The van der Waals surface area contributed by atoms with Gasteiger partial charge in [0.1, 0.15) is 5.82 Å². The van der Waals surface area contributed by atoms with Crippen LogP contribution in [0.5, 0.6) is 0 Å². The summed E-state index contributed by atoms with van der Waals surface area (Å²) in [5.74, 6) is 0.909. The first-order chi connectivity index (χ1) is 16.9. The van der Waals surface area contributed by atoms with E-state index in [1.807, 2.05) is 53.8 Å². The van der Waals surface area contributed by atoms with Crippen LogP contribution in [0.25, 0.3) is 22.2 Å². The smallest absolute Gasteiger partial charge is 0.269 e. The van der Waals surface area contributed by atoms with Crippen LogP contribution in [0, 0.1) is 17.0 Å². The lowest BCUT2D eigenvalue weighted by atomic mass is 10.0. The van der Waals surface area contributed by atoms with Gasteiger partial charge in [0.2, 0.25) is 0 Å². The molecular formula is C27H28ClN5O3. The topological polar surface area (TPSA) is 84.5 Å². The number of halogens is 1. The van der Waals surface area contributed by atoms with Gasteiger partial charge in [0.05, 0.1) is 16.2 Å². The van der Waals surface area contributed by atoms with Gasteiger partial charge in [-0.3, -0.25) is 14.9 Å². The number of fused-ring (bicyclic) bond motifs is 1. The summed E-state index contributed by atoms with van der Waals surface area (Å²) in [4.78, 5) is 33.4. The fourth-order valence-corrected chi connectivity index (χ4v) is 4.90. The molecule has 0 N–H and O–H groups in total. The Labute approximate surface area is 215 Å². The molecule has 0 bridgehead atoms. The number of carbonyl (C=O) groups is 1. The maximum absolute atomic E-state index is 14.1. The average Bonchev–Trinajstić information content (AvgIpc) is 3.01. The fraction of sp³-hybridized carbons (Fsp3) is 0.259. The third-order valence-corrected chi connectivity index (χ3v) is 6.68. The van der Waals surface area contributed by atoms with Crippen LogP contribution >= 0.6 is 12.4 Å². The molecule has 1 saturated heterocycles. The SMILES string of the molecule is Cc1ccc2c(c1)c(C(=O)N1CCCN(c3ccccn3)CC1)c(-c1ccc([N+](=O)[O-])cc1)n2C.Cl. The Bertz CT molecular complexity index is 1400. The third kappa shape index (κ3) is 4.64. The Morgan fingerprint density at radius 2 is 1.78 bits per heavy atom.